The Hall–Kier alpha value is -1.43. The highest BCUT2D eigenvalue weighted by Crippen LogP contribution is 2.06. The van der Waals surface area contributed by atoms with Crippen LogP contribution >= 0.6 is 0 Å². The van der Waals surface area contributed by atoms with Gasteiger partial charge in [-0.25, -0.2) is 12.8 Å². The van der Waals surface area contributed by atoms with Crippen molar-refractivity contribution in [3.05, 3.63) is 35.6 Å². The summed E-state index contributed by atoms with van der Waals surface area (Å²) < 4.78 is 35.0. The molecular formula is C10H13FN2O2S. The van der Waals surface area contributed by atoms with E-state index in [2.05, 4.69) is 10.5 Å². The predicted molar refractivity (Wildman–Crippen MR) is 61.7 cm³/mol. The number of hydrogen-bond donors (Lipinski definition) is 1. The lowest BCUT2D eigenvalue weighted by Gasteiger charge is -2.05. The van der Waals surface area contributed by atoms with Crippen LogP contribution in [0.1, 0.15) is 5.56 Å². The number of benzene rings is 1. The molecule has 0 amide bonds. The van der Waals surface area contributed by atoms with Crippen molar-refractivity contribution >= 4 is 15.5 Å². The second-order valence-electron chi connectivity index (χ2n) is 3.36. The second-order valence-corrected chi connectivity index (χ2v) is 5.50. The van der Waals surface area contributed by atoms with Gasteiger partial charge in [0.25, 0.3) is 0 Å². The van der Waals surface area contributed by atoms with Gasteiger partial charge in [-0.15, -0.1) is 0 Å². The fraction of sp³-hybridized carbons (Fsp3) is 0.300. The molecule has 0 atom stereocenters. The third kappa shape index (κ3) is 3.98. The molecule has 16 heavy (non-hydrogen) atoms. The molecule has 0 aliphatic carbocycles. The quantitative estimate of drug-likeness (QED) is 0.629. The Labute approximate surface area is 94.1 Å². The van der Waals surface area contributed by atoms with Gasteiger partial charge in [0, 0.05) is 13.3 Å². The molecule has 6 heteroatoms. The van der Waals surface area contributed by atoms with E-state index in [1.54, 1.807) is 7.05 Å². The number of nitrogens with zero attached hydrogens (tertiary/aromatic N) is 1. The summed E-state index contributed by atoms with van der Waals surface area (Å²) in [6.07, 6.45) is 1.13. The minimum Gasteiger partial charge on any atom is -0.313 e. The van der Waals surface area contributed by atoms with E-state index in [1.165, 1.54) is 24.3 Å². The van der Waals surface area contributed by atoms with Crippen LogP contribution in [-0.4, -0.2) is 33.2 Å². The lowest BCUT2D eigenvalue weighted by molar-refractivity contribution is 0.605. The summed E-state index contributed by atoms with van der Waals surface area (Å²) in [5.74, 6) is -0.550. The van der Waals surface area contributed by atoms with Crippen LogP contribution in [0.15, 0.2) is 29.4 Å². The molecule has 0 fully saturated rings. The maximum Gasteiger partial charge on any atom is 0.153 e. The van der Waals surface area contributed by atoms with E-state index in [0.29, 0.717) is 11.3 Å². The summed E-state index contributed by atoms with van der Waals surface area (Å²) in [7, 11) is -1.59. The molecule has 0 unspecified atom stereocenters. The van der Waals surface area contributed by atoms with Crippen molar-refractivity contribution < 1.29 is 12.8 Å². The molecule has 1 rings (SSSR count). The first-order chi connectivity index (χ1) is 7.42. The largest absolute Gasteiger partial charge is 0.313 e. The summed E-state index contributed by atoms with van der Waals surface area (Å²) >= 11 is 0. The smallest absolute Gasteiger partial charge is 0.153 e. The summed E-state index contributed by atoms with van der Waals surface area (Å²) in [6.45, 7) is 0. The molecule has 4 nitrogen and oxygen atoms in total. The Bertz CT molecular complexity index is 480. The van der Waals surface area contributed by atoms with Crippen LogP contribution in [0.4, 0.5) is 4.39 Å². The monoisotopic (exact) mass is 244 g/mol. The van der Waals surface area contributed by atoms with Crippen LogP contribution in [0.25, 0.3) is 0 Å². The minimum atomic E-state index is -3.17. The number of halogens is 1. The molecule has 0 bridgehead atoms. The Morgan fingerprint density at radius 2 is 1.94 bits per heavy atom. The second kappa shape index (κ2) is 5.07. The zero-order valence-electron chi connectivity index (χ0n) is 9.07. The van der Waals surface area contributed by atoms with Gasteiger partial charge in [0.1, 0.15) is 5.82 Å². The lowest BCUT2D eigenvalue weighted by atomic mass is 10.1. The van der Waals surface area contributed by atoms with Gasteiger partial charge in [-0.3, -0.25) is 0 Å². The Balaban J connectivity index is 3.04. The van der Waals surface area contributed by atoms with Crippen molar-refractivity contribution in [1.82, 2.24) is 5.43 Å². The van der Waals surface area contributed by atoms with E-state index in [-0.39, 0.29) is 11.6 Å². The topological polar surface area (TPSA) is 58.5 Å². The summed E-state index contributed by atoms with van der Waals surface area (Å²) in [4.78, 5) is 0. The molecule has 88 valence electrons. The van der Waals surface area contributed by atoms with Gasteiger partial charge in [0.15, 0.2) is 9.84 Å². The Morgan fingerprint density at radius 1 is 1.38 bits per heavy atom. The van der Waals surface area contributed by atoms with E-state index in [4.69, 9.17) is 0 Å². The SMILES string of the molecule is CN/N=C(/CS(C)(=O)=O)c1ccc(F)cc1. The number of nitrogens with one attached hydrogen (secondary N) is 1. The van der Waals surface area contributed by atoms with Gasteiger partial charge in [-0.05, 0) is 17.7 Å². The van der Waals surface area contributed by atoms with Crippen LogP contribution in [0.2, 0.25) is 0 Å². The summed E-state index contributed by atoms with van der Waals surface area (Å²) in [5.41, 5.74) is 3.48. The first-order valence-electron chi connectivity index (χ1n) is 4.59. The summed E-state index contributed by atoms with van der Waals surface area (Å²) in [5, 5.41) is 3.87. The Morgan fingerprint density at radius 3 is 2.38 bits per heavy atom. The Kier molecular flexibility index (Phi) is 4.00. The molecular weight excluding hydrogens is 231 g/mol. The summed E-state index contributed by atoms with van der Waals surface area (Å²) in [6, 6.07) is 5.53. The van der Waals surface area contributed by atoms with Crippen molar-refractivity contribution in [3.8, 4) is 0 Å². The highest BCUT2D eigenvalue weighted by molar-refractivity contribution is 7.91. The maximum atomic E-state index is 12.7. The first-order valence-corrected chi connectivity index (χ1v) is 6.65. The highest BCUT2D eigenvalue weighted by atomic mass is 32.2. The van der Waals surface area contributed by atoms with Crippen LogP contribution in [0, 0.1) is 5.82 Å². The molecule has 1 N–H and O–H groups in total. The van der Waals surface area contributed by atoms with Gasteiger partial charge in [-0.1, -0.05) is 12.1 Å². The molecule has 0 heterocycles. The predicted octanol–water partition coefficient (Wildman–Crippen LogP) is 0.794. The molecule has 0 aromatic heterocycles. The average Bonchev–Trinajstić information content (AvgIpc) is 2.16. The van der Waals surface area contributed by atoms with Crippen molar-refractivity contribution in [2.45, 2.75) is 0 Å². The fourth-order valence-corrected chi connectivity index (χ4v) is 1.93. The van der Waals surface area contributed by atoms with Crippen LogP contribution in [-0.2, 0) is 9.84 Å². The zero-order chi connectivity index (χ0) is 12.2. The van der Waals surface area contributed by atoms with Gasteiger partial charge < -0.3 is 5.43 Å². The molecule has 0 radical (unpaired) electrons. The normalized spacial score (nSPS) is 12.6. The zero-order valence-corrected chi connectivity index (χ0v) is 9.88. The van der Waals surface area contributed by atoms with Gasteiger partial charge >= 0.3 is 0 Å². The van der Waals surface area contributed by atoms with E-state index < -0.39 is 9.84 Å². The molecule has 0 saturated heterocycles. The maximum absolute atomic E-state index is 12.7. The minimum absolute atomic E-state index is 0.181. The van der Waals surface area contributed by atoms with E-state index in [9.17, 15) is 12.8 Å². The van der Waals surface area contributed by atoms with E-state index in [1.807, 2.05) is 0 Å². The molecule has 0 spiro atoms. The van der Waals surface area contributed by atoms with Crippen LogP contribution in [0.3, 0.4) is 0 Å². The van der Waals surface area contributed by atoms with Gasteiger partial charge in [-0.2, -0.15) is 5.10 Å². The average molecular weight is 244 g/mol. The number of hydrogen-bond acceptors (Lipinski definition) is 4. The van der Waals surface area contributed by atoms with Crippen LogP contribution in [0.5, 0.6) is 0 Å². The number of hydrazone groups is 1. The van der Waals surface area contributed by atoms with E-state index >= 15 is 0 Å². The molecule has 0 aliphatic rings. The van der Waals surface area contributed by atoms with Crippen molar-refractivity contribution in [1.29, 1.82) is 0 Å². The number of rotatable bonds is 4. The first kappa shape index (κ1) is 12.6. The highest BCUT2D eigenvalue weighted by Gasteiger charge is 2.11. The third-order valence-electron chi connectivity index (χ3n) is 1.82. The van der Waals surface area contributed by atoms with Crippen molar-refractivity contribution in [2.24, 2.45) is 5.10 Å². The lowest BCUT2D eigenvalue weighted by Crippen LogP contribution is -2.18. The molecule has 1 aromatic rings. The third-order valence-corrected chi connectivity index (χ3v) is 2.62. The van der Waals surface area contributed by atoms with Crippen LogP contribution < -0.4 is 5.43 Å². The molecule has 0 saturated carbocycles. The van der Waals surface area contributed by atoms with E-state index in [0.717, 1.165) is 6.26 Å². The van der Waals surface area contributed by atoms with Crippen molar-refractivity contribution in [2.75, 3.05) is 19.1 Å². The van der Waals surface area contributed by atoms with Gasteiger partial charge in [0.05, 0.1) is 11.5 Å². The molecule has 1 aromatic carbocycles. The van der Waals surface area contributed by atoms with Gasteiger partial charge in [0.2, 0.25) is 0 Å². The van der Waals surface area contributed by atoms with Crippen molar-refractivity contribution in [3.63, 3.8) is 0 Å². The standard InChI is InChI=1S/C10H13FN2O2S/c1-12-13-10(7-16(2,14)15)8-3-5-9(11)6-4-8/h3-6,12H,7H2,1-2H3/b13-10-. The number of sulfone groups is 1. The molecule has 0 aliphatic heterocycles. The fourth-order valence-electron chi connectivity index (χ4n) is 1.21.